The number of aromatic nitrogens is 1. The summed E-state index contributed by atoms with van der Waals surface area (Å²) in [5, 5.41) is 12.9. The topological polar surface area (TPSA) is 67.0 Å². The fourth-order valence-corrected chi connectivity index (χ4v) is 3.41. The predicted molar refractivity (Wildman–Crippen MR) is 122 cm³/mol. The summed E-state index contributed by atoms with van der Waals surface area (Å²) in [4.78, 5) is 12.6. The van der Waals surface area contributed by atoms with Crippen LogP contribution in [-0.2, 0) is 11.3 Å². The molecular weight excluding hydrogens is 405 g/mol. The van der Waals surface area contributed by atoms with Crippen molar-refractivity contribution in [2.75, 3.05) is 11.9 Å². The van der Waals surface area contributed by atoms with E-state index >= 15 is 0 Å². The number of halogens is 1. The number of benzene rings is 3. The minimum absolute atomic E-state index is 0.0270. The van der Waals surface area contributed by atoms with E-state index in [9.17, 15) is 14.4 Å². The third kappa shape index (κ3) is 4.68. The van der Waals surface area contributed by atoms with Gasteiger partial charge < -0.3 is 14.6 Å². The van der Waals surface area contributed by atoms with E-state index in [1.54, 1.807) is 6.07 Å². The number of hydrogen-bond acceptors (Lipinski definition) is 3. The molecule has 0 fully saturated rings. The average molecular weight is 425 g/mol. The standard InChI is InChI=1S/C26H20FN3O2/c27-23-11-5-6-12-24(23)29-26(31)19(17-28)16-20-18-30(25-13-7-4-10-22(20)25)14-15-32-21-8-2-1-3-9-21/h1-13,16,18H,14-15H2,(H,29,31). The van der Waals surface area contributed by atoms with Crippen LogP contribution in [0.15, 0.2) is 90.6 Å². The van der Waals surface area contributed by atoms with E-state index < -0.39 is 11.7 Å². The average Bonchev–Trinajstić information content (AvgIpc) is 3.17. The van der Waals surface area contributed by atoms with Gasteiger partial charge in [0.25, 0.3) is 5.91 Å². The van der Waals surface area contributed by atoms with Gasteiger partial charge in [0.05, 0.1) is 12.2 Å². The minimum Gasteiger partial charge on any atom is -0.492 e. The maximum atomic E-state index is 13.9. The second-order valence-corrected chi connectivity index (χ2v) is 7.06. The Labute approximate surface area is 185 Å². The van der Waals surface area contributed by atoms with Crippen molar-refractivity contribution < 1.29 is 13.9 Å². The van der Waals surface area contributed by atoms with E-state index in [2.05, 4.69) is 5.32 Å². The summed E-state index contributed by atoms with van der Waals surface area (Å²) in [5.41, 5.74) is 1.60. The number of nitrogens with zero attached hydrogens (tertiary/aromatic N) is 2. The van der Waals surface area contributed by atoms with Crippen LogP contribution in [0.1, 0.15) is 5.56 Å². The van der Waals surface area contributed by atoms with Gasteiger partial charge >= 0.3 is 0 Å². The Bertz CT molecular complexity index is 1320. The van der Waals surface area contributed by atoms with Crippen LogP contribution >= 0.6 is 0 Å². The summed E-state index contributed by atoms with van der Waals surface area (Å²) < 4.78 is 21.7. The molecule has 0 saturated heterocycles. The Morgan fingerprint density at radius 2 is 1.75 bits per heavy atom. The number of amides is 1. The SMILES string of the molecule is N#CC(=Cc1cn(CCOc2ccccc2)c2ccccc12)C(=O)Nc1ccccc1F. The summed E-state index contributed by atoms with van der Waals surface area (Å²) in [5.74, 6) is -0.435. The molecule has 158 valence electrons. The highest BCUT2D eigenvalue weighted by atomic mass is 19.1. The highest BCUT2D eigenvalue weighted by Crippen LogP contribution is 2.24. The zero-order valence-corrected chi connectivity index (χ0v) is 17.2. The summed E-state index contributed by atoms with van der Waals surface area (Å²) in [6, 6.07) is 25.0. The summed E-state index contributed by atoms with van der Waals surface area (Å²) in [6.45, 7) is 1.05. The quantitative estimate of drug-likeness (QED) is 0.318. The molecule has 1 heterocycles. The van der Waals surface area contributed by atoms with E-state index in [1.165, 1.54) is 24.3 Å². The van der Waals surface area contributed by atoms with Gasteiger partial charge in [-0.25, -0.2) is 4.39 Å². The molecule has 0 radical (unpaired) electrons. The molecule has 0 unspecified atom stereocenters. The second kappa shape index (κ2) is 9.63. The Balaban J connectivity index is 1.57. The number of nitriles is 1. The Hall–Kier alpha value is -4.37. The number of carbonyl (C=O) groups is 1. The summed E-state index contributed by atoms with van der Waals surface area (Å²) in [6.07, 6.45) is 3.40. The van der Waals surface area contributed by atoms with E-state index in [0.29, 0.717) is 13.2 Å². The fourth-order valence-electron chi connectivity index (χ4n) is 3.41. The number of anilines is 1. The minimum atomic E-state index is -0.665. The van der Waals surface area contributed by atoms with Crippen LogP contribution in [-0.4, -0.2) is 17.1 Å². The van der Waals surface area contributed by atoms with Crippen molar-refractivity contribution in [1.82, 2.24) is 4.57 Å². The van der Waals surface area contributed by atoms with Gasteiger partial charge in [0.2, 0.25) is 0 Å². The van der Waals surface area contributed by atoms with Crippen LogP contribution < -0.4 is 10.1 Å². The Kier molecular flexibility index (Phi) is 6.28. The van der Waals surface area contributed by atoms with Crippen LogP contribution in [0.5, 0.6) is 5.75 Å². The van der Waals surface area contributed by atoms with Crippen LogP contribution in [0.2, 0.25) is 0 Å². The molecule has 1 amide bonds. The molecule has 1 aromatic heterocycles. The third-order valence-corrected chi connectivity index (χ3v) is 4.95. The highest BCUT2D eigenvalue weighted by Gasteiger charge is 2.14. The zero-order chi connectivity index (χ0) is 22.3. The van der Waals surface area contributed by atoms with E-state index in [-0.39, 0.29) is 11.3 Å². The van der Waals surface area contributed by atoms with Gasteiger partial charge in [0.1, 0.15) is 29.8 Å². The zero-order valence-electron chi connectivity index (χ0n) is 17.2. The first-order valence-corrected chi connectivity index (χ1v) is 10.1. The molecule has 3 aromatic carbocycles. The van der Waals surface area contributed by atoms with E-state index in [0.717, 1.165) is 22.2 Å². The number of nitrogens with one attached hydrogen (secondary N) is 1. The Morgan fingerprint density at radius 1 is 1.03 bits per heavy atom. The lowest BCUT2D eigenvalue weighted by atomic mass is 10.1. The molecule has 4 aromatic rings. The summed E-state index contributed by atoms with van der Waals surface area (Å²) >= 11 is 0. The van der Waals surface area contributed by atoms with Crippen molar-refractivity contribution in [2.45, 2.75) is 6.54 Å². The summed E-state index contributed by atoms with van der Waals surface area (Å²) in [7, 11) is 0. The lowest BCUT2D eigenvalue weighted by molar-refractivity contribution is -0.112. The third-order valence-electron chi connectivity index (χ3n) is 4.95. The largest absolute Gasteiger partial charge is 0.492 e. The maximum Gasteiger partial charge on any atom is 0.266 e. The maximum absolute atomic E-state index is 13.9. The predicted octanol–water partition coefficient (Wildman–Crippen LogP) is 5.41. The van der Waals surface area contributed by atoms with Crippen molar-refractivity contribution in [3.05, 3.63) is 102 Å². The van der Waals surface area contributed by atoms with Gasteiger partial charge in [0, 0.05) is 22.7 Å². The normalized spacial score (nSPS) is 11.2. The van der Waals surface area contributed by atoms with Crippen molar-refractivity contribution in [3.8, 4) is 11.8 Å². The highest BCUT2D eigenvalue weighted by molar-refractivity contribution is 6.10. The van der Waals surface area contributed by atoms with Gasteiger partial charge in [-0.15, -0.1) is 0 Å². The van der Waals surface area contributed by atoms with Crippen LogP contribution in [0.25, 0.3) is 17.0 Å². The van der Waals surface area contributed by atoms with Crippen molar-refractivity contribution in [2.24, 2.45) is 0 Å². The molecule has 0 aliphatic carbocycles. The molecule has 4 rings (SSSR count). The van der Waals surface area contributed by atoms with Gasteiger partial charge in [-0.05, 0) is 36.4 Å². The number of fused-ring (bicyclic) bond motifs is 1. The molecule has 1 N–H and O–H groups in total. The first-order valence-electron chi connectivity index (χ1n) is 10.1. The van der Waals surface area contributed by atoms with E-state index in [1.807, 2.05) is 71.4 Å². The molecule has 6 heteroatoms. The number of para-hydroxylation sites is 3. The number of carbonyl (C=O) groups excluding carboxylic acids is 1. The smallest absolute Gasteiger partial charge is 0.266 e. The van der Waals surface area contributed by atoms with Gasteiger partial charge in [0.15, 0.2) is 0 Å². The molecular formula is C26H20FN3O2. The fraction of sp³-hybridized carbons (Fsp3) is 0.0769. The van der Waals surface area contributed by atoms with Crippen LogP contribution in [0.3, 0.4) is 0 Å². The van der Waals surface area contributed by atoms with E-state index in [4.69, 9.17) is 4.74 Å². The van der Waals surface area contributed by atoms with Gasteiger partial charge in [-0.2, -0.15) is 5.26 Å². The molecule has 5 nitrogen and oxygen atoms in total. The first kappa shape index (κ1) is 20.9. The lowest BCUT2D eigenvalue weighted by Crippen LogP contribution is -2.14. The first-order chi connectivity index (χ1) is 15.7. The number of hydrogen-bond donors (Lipinski definition) is 1. The molecule has 0 bridgehead atoms. The molecule has 0 aliphatic rings. The van der Waals surface area contributed by atoms with Crippen LogP contribution in [0, 0.1) is 17.1 Å². The molecule has 0 saturated carbocycles. The monoisotopic (exact) mass is 425 g/mol. The van der Waals surface area contributed by atoms with Crippen LogP contribution in [0.4, 0.5) is 10.1 Å². The number of rotatable bonds is 7. The van der Waals surface area contributed by atoms with Gasteiger partial charge in [-0.3, -0.25) is 4.79 Å². The number of ether oxygens (including phenoxy) is 1. The molecule has 0 spiro atoms. The van der Waals surface area contributed by atoms with Crippen molar-refractivity contribution >= 4 is 28.6 Å². The molecule has 0 aliphatic heterocycles. The lowest BCUT2D eigenvalue weighted by Gasteiger charge is -2.08. The Morgan fingerprint density at radius 3 is 2.53 bits per heavy atom. The van der Waals surface area contributed by atoms with Crippen molar-refractivity contribution in [1.29, 1.82) is 5.26 Å². The second-order valence-electron chi connectivity index (χ2n) is 7.06. The molecule has 0 atom stereocenters. The van der Waals surface area contributed by atoms with Crippen molar-refractivity contribution in [3.63, 3.8) is 0 Å². The molecule has 32 heavy (non-hydrogen) atoms. The van der Waals surface area contributed by atoms with Gasteiger partial charge in [-0.1, -0.05) is 48.5 Å².